The SMILES string of the molecule is Cc1cc(=O)[nH]c(-c2cccc(NC(=O)c3ccccc3S(=O)(=O)N3CCCCC3)c2)n1. The third-order valence-corrected chi connectivity index (χ3v) is 7.28. The smallest absolute Gasteiger partial charge is 0.257 e. The van der Waals surface area contributed by atoms with Gasteiger partial charge in [-0.2, -0.15) is 4.31 Å². The molecule has 0 atom stereocenters. The Balaban J connectivity index is 1.62. The van der Waals surface area contributed by atoms with Gasteiger partial charge in [-0.3, -0.25) is 9.59 Å². The second-order valence-electron chi connectivity index (χ2n) is 7.73. The molecule has 166 valence electrons. The number of rotatable bonds is 5. The van der Waals surface area contributed by atoms with Gasteiger partial charge >= 0.3 is 0 Å². The number of anilines is 1. The average Bonchev–Trinajstić information content (AvgIpc) is 2.79. The predicted octanol–water partition coefficient (Wildman–Crippen LogP) is 3.17. The summed E-state index contributed by atoms with van der Waals surface area (Å²) < 4.78 is 27.8. The van der Waals surface area contributed by atoms with Crippen molar-refractivity contribution >= 4 is 21.6 Å². The molecule has 0 bridgehead atoms. The number of hydrogen-bond acceptors (Lipinski definition) is 5. The van der Waals surface area contributed by atoms with Gasteiger partial charge in [-0.1, -0.05) is 30.7 Å². The maximum Gasteiger partial charge on any atom is 0.257 e. The lowest BCUT2D eigenvalue weighted by atomic mass is 10.1. The number of aromatic nitrogens is 2. The Morgan fingerprint density at radius 1 is 1.03 bits per heavy atom. The zero-order valence-corrected chi connectivity index (χ0v) is 18.5. The molecular formula is C23H24N4O4S. The van der Waals surface area contributed by atoms with Gasteiger partial charge in [0.1, 0.15) is 5.82 Å². The number of aromatic amines is 1. The zero-order valence-electron chi connectivity index (χ0n) is 17.7. The molecule has 32 heavy (non-hydrogen) atoms. The van der Waals surface area contributed by atoms with Crippen molar-refractivity contribution in [1.29, 1.82) is 0 Å². The highest BCUT2D eigenvalue weighted by atomic mass is 32.2. The van der Waals surface area contributed by atoms with Crippen LogP contribution in [0.15, 0.2) is 64.3 Å². The van der Waals surface area contributed by atoms with E-state index in [9.17, 15) is 18.0 Å². The van der Waals surface area contributed by atoms with E-state index in [1.165, 1.54) is 22.5 Å². The van der Waals surface area contributed by atoms with Crippen molar-refractivity contribution in [3.05, 3.63) is 76.2 Å². The maximum absolute atomic E-state index is 13.2. The number of nitrogens with one attached hydrogen (secondary N) is 2. The minimum absolute atomic E-state index is 0.000218. The lowest BCUT2D eigenvalue weighted by Crippen LogP contribution is -2.36. The molecule has 1 amide bonds. The lowest BCUT2D eigenvalue weighted by Gasteiger charge is -2.26. The number of benzene rings is 2. The zero-order chi connectivity index (χ0) is 22.7. The van der Waals surface area contributed by atoms with E-state index in [1.54, 1.807) is 43.3 Å². The number of sulfonamides is 1. The fourth-order valence-electron chi connectivity index (χ4n) is 3.78. The van der Waals surface area contributed by atoms with Crippen molar-refractivity contribution in [2.45, 2.75) is 31.1 Å². The van der Waals surface area contributed by atoms with Gasteiger partial charge in [-0.15, -0.1) is 0 Å². The summed E-state index contributed by atoms with van der Waals surface area (Å²) in [6, 6.07) is 14.5. The molecule has 0 aliphatic carbocycles. The van der Waals surface area contributed by atoms with E-state index in [0.29, 0.717) is 35.9 Å². The van der Waals surface area contributed by atoms with Gasteiger partial charge in [0.25, 0.3) is 11.5 Å². The van der Waals surface area contributed by atoms with Gasteiger partial charge in [-0.05, 0) is 44.0 Å². The van der Waals surface area contributed by atoms with Crippen LogP contribution in [0.5, 0.6) is 0 Å². The summed E-state index contributed by atoms with van der Waals surface area (Å²) in [5, 5.41) is 2.77. The number of amides is 1. The second kappa shape index (κ2) is 9.05. The summed E-state index contributed by atoms with van der Waals surface area (Å²) in [7, 11) is -3.77. The molecule has 2 N–H and O–H groups in total. The van der Waals surface area contributed by atoms with Crippen LogP contribution >= 0.6 is 0 Å². The molecule has 2 heterocycles. The van der Waals surface area contributed by atoms with Crippen molar-refractivity contribution in [3.8, 4) is 11.4 Å². The Morgan fingerprint density at radius 3 is 2.53 bits per heavy atom. The van der Waals surface area contributed by atoms with Crippen LogP contribution in [-0.2, 0) is 10.0 Å². The van der Waals surface area contributed by atoms with Gasteiger partial charge in [-0.25, -0.2) is 13.4 Å². The highest BCUT2D eigenvalue weighted by Gasteiger charge is 2.29. The number of H-pyrrole nitrogens is 1. The molecule has 1 fully saturated rings. The Morgan fingerprint density at radius 2 is 1.78 bits per heavy atom. The first kappa shape index (κ1) is 21.9. The van der Waals surface area contributed by atoms with Crippen LogP contribution in [0.2, 0.25) is 0 Å². The van der Waals surface area contributed by atoms with E-state index >= 15 is 0 Å². The maximum atomic E-state index is 13.2. The molecule has 3 aromatic rings. The first-order valence-electron chi connectivity index (χ1n) is 10.4. The Hall–Kier alpha value is -3.30. The molecule has 9 heteroatoms. The van der Waals surface area contributed by atoms with E-state index in [0.717, 1.165) is 19.3 Å². The van der Waals surface area contributed by atoms with E-state index in [-0.39, 0.29) is 16.0 Å². The van der Waals surface area contributed by atoms with Crippen molar-refractivity contribution in [2.75, 3.05) is 18.4 Å². The number of nitrogens with zero attached hydrogens (tertiary/aromatic N) is 2. The number of aryl methyl sites for hydroxylation is 1. The van der Waals surface area contributed by atoms with Crippen LogP contribution in [0, 0.1) is 6.92 Å². The van der Waals surface area contributed by atoms with E-state index in [2.05, 4.69) is 15.3 Å². The van der Waals surface area contributed by atoms with Crippen LogP contribution in [0.4, 0.5) is 5.69 Å². The van der Waals surface area contributed by atoms with Gasteiger partial charge < -0.3 is 10.3 Å². The summed E-state index contributed by atoms with van der Waals surface area (Å²) in [5.74, 6) is -0.136. The summed E-state index contributed by atoms with van der Waals surface area (Å²) in [6.07, 6.45) is 2.64. The minimum Gasteiger partial charge on any atom is -0.322 e. The summed E-state index contributed by atoms with van der Waals surface area (Å²) in [6.45, 7) is 2.65. The molecule has 1 aliphatic heterocycles. The fraction of sp³-hybridized carbons (Fsp3) is 0.261. The third kappa shape index (κ3) is 4.63. The molecule has 0 spiro atoms. The van der Waals surface area contributed by atoms with Gasteiger partial charge in [0.15, 0.2) is 0 Å². The van der Waals surface area contributed by atoms with Crippen LogP contribution in [0.1, 0.15) is 35.3 Å². The Bertz CT molecular complexity index is 1310. The van der Waals surface area contributed by atoms with Crippen LogP contribution in [0.25, 0.3) is 11.4 Å². The number of hydrogen-bond donors (Lipinski definition) is 2. The minimum atomic E-state index is -3.77. The number of carbonyl (C=O) groups excluding carboxylic acids is 1. The molecule has 1 aromatic heterocycles. The highest BCUT2D eigenvalue weighted by molar-refractivity contribution is 7.89. The largest absolute Gasteiger partial charge is 0.322 e. The standard InChI is InChI=1S/C23H24N4O4S/c1-16-14-21(28)26-22(24-16)17-8-7-9-18(15-17)25-23(29)19-10-3-4-11-20(19)32(30,31)27-12-5-2-6-13-27/h3-4,7-11,14-15H,2,5-6,12-13H2,1H3,(H,25,29)(H,24,26,28). The molecule has 1 saturated heterocycles. The molecule has 4 rings (SSSR count). The Labute approximate surface area is 186 Å². The molecular weight excluding hydrogens is 428 g/mol. The topological polar surface area (TPSA) is 112 Å². The van der Waals surface area contributed by atoms with E-state index in [4.69, 9.17) is 0 Å². The molecule has 0 saturated carbocycles. The first-order valence-corrected chi connectivity index (χ1v) is 11.9. The van der Waals surface area contributed by atoms with Gasteiger partial charge in [0, 0.05) is 36.1 Å². The summed E-state index contributed by atoms with van der Waals surface area (Å²) in [5.41, 5.74) is 1.49. The number of carbonyl (C=O) groups is 1. The van der Waals surface area contributed by atoms with Crippen molar-refractivity contribution in [1.82, 2.24) is 14.3 Å². The normalized spacial score (nSPS) is 14.8. The quantitative estimate of drug-likeness (QED) is 0.618. The van der Waals surface area contributed by atoms with Gasteiger partial charge in [0.2, 0.25) is 10.0 Å². The van der Waals surface area contributed by atoms with Crippen molar-refractivity contribution < 1.29 is 13.2 Å². The molecule has 2 aromatic carbocycles. The third-order valence-electron chi connectivity index (χ3n) is 5.33. The summed E-state index contributed by atoms with van der Waals surface area (Å²) >= 11 is 0. The Kier molecular flexibility index (Phi) is 6.20. The first-order chi connectivity index (χ1) is 15.3. The van der Waals surface area contributed by atoms with Crippen molar-refractivity contribution in [2.24, 2.45) is 0 Å². The van der Waals surface area contributed by atoms with Crippen molar-refractivity contribution in [3.63, 3.8) is 0 Å². The summed E-state index contributed by atoms with van der Waals surface area (Å²) in [4.78, 5) is 31.8. The lowest BCUT2D eigenvalue weighted by molar-refractivity contribution is 0.102. The van der Waals surface area contributed by atoms with Crippen LogP contribution in [-0.4, -0.2) is 41.7 Å². The second-order valence-corrected chi connectivity index (χ2v) is 9.64. The molecule has 1 aliphatic rings. The predicted molar refractivity (Wildman–Crippen MR) is 122 cm³/mol. The molecule has 8 nitrogen and oxygen atoms in total. The fourth-order valence-corrected chi connectivity index (χ4v) is 5.49. The van der Waals surface area contributed by atoms with E-state index in [1.807, 2.05) is 0 Å². The molecule has 0 unspecified atom stereocenters. The monoisotopic (exact) mass is 452 g/mol. The highest BCUT2D eigenvalue weighted by Crippen LogP contribution is 2.25. The molecule has 0 radical (unpaired) electrons. The van der Waals surface area contributed by atoms with E-state index < -0.39 is 15.9 Å². The van der Waals surface area contributed by atoms with Crippen LogP contribution in [0.3, 0.4) is 0 Å². The average molecular weight is 453 g/mol. The van der Waals surface area contributed by atoms with Crippen LogP contribution < -0.4 is 10.9 Å². The van der Waals surface area contributed by atoms with Gasteiger partial charge in [0.05, 0.1) is 10.5 Å². The number of piperidine rings is 1.